The Bertz CT molecular complexity index is 5850. The summed E-state index contributed by atoms with van der Waals surface area (Å²) in [6, 6.07) is 107. The van der Waals surface area contributed by atoms with Crippen LogP contribution in [0.15, 0.2) is 330 Å². The molecular weight excluding hydrogens is 1200 g/mol. The largest absolute Gasteiger partial charge is 0.488 e. The van der Waals surface area contributed by atoms with Crippen molar-refractivity contribution in [3.63, 3.8) is 0 Å². The van der Waals surface area contributed by atoms with E-state index < -0.39 is 7.12 Å². The Morgan fingerprint density at radius 1 is 0.261 bits per heavy atom. The molecule has 92 heavy (non-hydrogen) atoms. The summed E-state index contributed by atoms with van der Waals surface area (Å²) in [5.41, 5.74) is 14.2. The van der Waals surface area contributed by atoms with Crippen molar-refractivity contribution >= 4 is 115 Å². The third-order valence-corrected chi connectivity index (χ3v) is 18.4. The van der Waals surface area contributed by atoms with Crippen LogP contribution in [0.25, 0.3) is 143 Å². The molecule has 2 N–H and O–H groups in total. The quantitative estimate of drug-likeness (QED) is 0.117. The van der Waals surface area contributed by atoms with Crippen molar-refractivity contribution in [3.05, 3.63) is 341 Å². The third-order valence-electron chi connectivity index (χ3n) is 17.8. The Hall–Kier alpha value is -11.4. The molecule has 0 aliphatic carbocycles. The van der Waals surface area contributed by atoms with E-state index in [0.717, 1.165) is 71.5 Å². The van der Waals surface area contributed by atoms with Crippen molar-refractivity contribution in [2.24, 2.45) is 0 Å². The fraction of sp³-hybridized carbons (Fsp3) is 0. The SMILES string of the molecule is O=c1n(-c2ccccc2)c2ccccc2n1-c1ccc(-c2ccc(-c3ccc4ccc5cccc6ccc3c4c56)cc2)cc1.O=c1n(-c2ccccc2)c2ccccc2n1-c1ccc(Br)cc1.OB(O)c1ccc(-c2ccc3ccc4cccc5ccc2c3c45)cc1. The lowest BCUT2D eigenvalue weighted by Gasteiger charge is -2.14. The molecule has 0 unspecified atom stereocenters. The van der Waals surface area contributed by atoms with Crippen LogP contribution in [0.4, 0.5) is 0 Å². The number of hydrogen-bond acceptors (Lipinski definition) is 4. The van der Waals surface area contributed by atoms with Crippen LogP contribution >= 0.6 is 15.9 Å². The van der Waals surface area contributed by atoms with Gasteiger partial charge in [-0.2, -0.15) is 0 Å². The molecule has 0 bridgehead atoms. The minimum atomic E-state index is -1.43. The smallest absolute Gasteiger partial charge is 0.423 e. The zero-order chi connectivity index (χ0) is 62.0. The van der Waals surface area contributed by atoms with Gasteiger partial charge in [-0.25, -0.2) is 9.59 Å². The molecule has 0 amide bonds. The predicted octanol–water partition coefficient (Wildman–Crippen LogP) is 18.5. The number of imidazole rings is 2. The number of nitrogens with zero attached hydrogens (tertiary/aromatic N) is 4. The predicted molar refractivity (Wildman–Crippen MR) is 385 cm³/mol. The van der Waals surface area contributed by atoms with Gasteiger partial charge < -0.3 is 10.0 Å². The second-order valence-electron chi connectivity index (χ2n) is 23.1. The van der Waals surface area contributed by atoms with E-state index in [1.54, 1.807) is 30.4 Å². The highest BCUT2D eigenvalue weighted by Crippen LogP contribution is 2.41. The molecule has 0 radical (unpaired) electrons. The lowest BCUT2D eigenvalue weighted by atomic mass is 9.79. The Kier molecular flexibility index (Phi) is 14.1. The van der Waals surface area contributed by atoms with Crippen LogP contribution in [0.5, 0.6) is 0 Å². The number of benzene rings is 16. The number of para-hydroxylation sites is 6. The first-order valence-electron chi connectivity index (χ1n) is 30.5. The molecule has 18 aromatic rings. The summed E-state index contributed by atoms with van der Waals surface area (Å²) in [5, 5.41) is 34.0. The first-order chi connectivity index (χ1) is 45.2. The molecule has 0 atom stereocenters. The van der Waals surface area contributed by atoms with Crippen molar-refractivity contribution < 1.29 is 10.0 Å². The summed E-state index contributed by atoms with van der Waals surface area (Å²) < 4.78 is 8.05. The second-order valence-corrected chi connectivity index (χ2v) is 24.0. The van der Waals surface area contributed by atoms with Crippen LogP contribution < -0.4 is 16.8 Å². The van der Waals surface area contributed by atoms with Crippen LogP contribution in [0.1, 0.15) is 0 Å². The second kappa shape index (κ2) is 23.2. The normalized spacial score (nSPS) is 11.5. The lowest BCUT2D eigenvalue weighted by Crippen LogP contribution is -2.29. The number of fused-ring (bicyclic) bond motifs is 2. The van der Waals surface area contributed by atoms with E-state index in [2.05, 4.69) is 162 Å². The molecule has 436 valence electrons. The third kappa shape index (κ3) is 9.73. The Balaban J connectivity index is 0.000000119. The van der Waals surface area contributed by atoms with Gasteiger partial charge in [-0.05, 0) is 188 Å². The van der Waals surface area contributed by atoms with Gasteiger partial charge in [0, 0.05) is 4.47 Å². The van der Waals surface area contributed by atoms with Gasteiger partial charge in [-0.15, -0.1) is 0 Å². The van der Waals surface area contributed by atoms with Crippen LogP contribution in [0.2, 0.25) is 0 Å². The average molecular weight is 1250 g/mol. The first-order valence-corrected chi connectivity index (χ1v) is 31.3. The summed E-state index contributed by atoms with van der Waals surface area (Å²) in [5.74, 6) is 0. The fourth-order valence-electron chi connectivity index (χ4n) is 13.5. The van der Waals surface area contributed by atoms with Gasteiger partial charge in [0.1, 0.15) is 0 Å². The number of rotatable bonds is 8. The maximum Gasteiger partial charge on any atom is 0.488 e. The summed E-state index contributed by atoms with van der Waals surface area (Å²) in [6.45, 7) is 0. The highest BCUT2D eigenvalue weighted by molar-refractivity contribution is 9.10. The Morgan fingerprint density at radius 2 is 0.554 bits per heavy atom. The molecule has 10 heteroatoms. The first kappa shape index (κ1) is 55.9. The molecular formula is C82H54BBrN4O4. The van der Waals surface area contributed by atoms with Gasteiger partial charge in [-0.1, -0.05) is 246 Å². The highest BCUT2D eigenvalue weighted by atomic mass is 79.9. The van der Waals surface area contributed by atoms with Gasteiger partial charge in [0.05, 0.1) is 44.8 Å². The van der Waals surface area contributed by atoms with E-state index in [-0.39, 0.29) is 11.4 Å². The van der Waals surface area contributed by atoms with Crippen LogP contribution in [0.3, 0.4) is 0 Å². The lowest BCUT2D eigenvalue weighted by molar-refractivity contribution is 0.426. The molecule has 16 aromatic carbocycles. The van der Waals surface area contributed by atoms with Gasteiger partial charge in [-0.3, -0.25) is 18.3 Å². The Morgan fingerprint density at radius 3 is 0.935 bits per heavy atom. The molecule has 8 nitrogen and oxygen atoms in total. The summed E-state index contributed by atoms with van der Waals surface area (Å²) in [7, 11) is -1.43. The van der Waals surface area contributed by atoms with Gasteiger partial charge in [0.25, 0.3) is 0 Å². The number of hydrogen-bond donors (Lipinski definition) is 2. The monoisotopic (exact) mass is 1250 g/mol. The molecule has 0 saturated heterocycles. The minimum absolute atomic E-state index is 0.0697. The van der Waals surface area contributed by atoms with Gasteiger partial charge in [0.2, 0.25) is 0 Å². The summed E-state index contributed by atoms with van der Waals surface area (Å²) >= 11 is 3.44. The van der Waals surface area contributed by atoms with E-state index in [9.17, 15) is 19.6 Å². The van der Waals surface area contributed by atoms with Gasteiger partial charge in [0.15, 0.2) is 0 Å². The zero-order valence-electron chi connectivity index (χ0n) is 49.5. The number of halogens is 1. The number of aromatic nitrogens is 4. The van der Waals surface area contributed by atoms with Crippen LogP contribution in [-0.4, -0.2) is 35.4 Å². The highest BCUT2D eigenvalue weighted by Gasteiger charge is 2.20. The van der Waals surface area contributed by atoms with E-state index in [1.165, 1.54) is 75.8 Å². The van der Waals surface area contributed by atoms with Crippen molar-refractivity contribution in [1.29, 1.82) is 0 Å². The van der Waals surface area contributed by atoms with E-state index in [4.69, 9.17) is 0 Å². The van der Waals surface area contributed by atoms with Crippen molar-refractivity contribution in [3.8, 4) is 56.1 Å². The van der Waals surface area contributed by atoms with Crippen LogP contribution in [-0.2, 0) is 0 Å². The zero-order valence-corrected chi connectivity index (χ0v) is 51.1. The van der Waals surface area contributed by atoms with E-state index in [0.29, 0.717) is 5.46 Å². The molecule has 0 aliphatic rings. The molecule has 0 aliphatic heterocycles. The molecule has 2 heterocycles. The minimum Gasteiger partial charge on any atom is -0.423 e. The topological polar surface area (TPSA) is 94.3 Å². The molecule has 18 rings (SSSR count). The standard InChI is InChI=1S/C41H26N2O.C22H15BO2.C19H13BrN2O/c44-41-42(33-9-2-1-3-10-33)37-11-4-5-12-38(37)43(41)34-23-19-28(20-24-34)27-13-15-29(16-14-27)35-25-21-32-18-17-30-7-6-8-31-22-26-36(35)40(32)39(30)31;24-23(25)18-10-6-14(7-11-18)19-12-8-17-5-4-15-2-1-3-16-9-13-20(19)22(17)21(15)16;20-14-10-12-16(13-11-14)22-18-9-5-4-8-17(18)21(19(22)23)15-6-2-1-3-7-15/h1-26H;1-13,24-25H;1-13H. The summed E-state index contributed by atoms with van der Waals surface area (Å²) in [6.07, 6.45) is 0. The maximum absolute atomic E-state index is 13.7. The average Bonchev–Trinajstić information content (AvgIpc) is 1.22. The molecule has 0 saturated carbocycles. The fourth-order valence-corrected chi connectivity index (χ4v) is 13.8. The van der Waals surface area contributed by atoms with Gasteiger partial charge >= 0.3 is 18.5 Å². The molecule has 2 aromatic heterocycles. The molecule has 0 spiro atoms. The van der Waals surface area contributed by atoms with Crippen molar-refractivity contribution in [2.45, 2.75) is 0 Å². The van der Waals surface area contributed by atoms with E-state index in [1.807, 2.05) is 158 Å². The molecule has 0 fully saturated rings. The maximum atomic E-state index is 13.7. The summed E-state index contributed by atoms with van der Waals surface area (Å²) in [4.78, 5) is 26.8. The Labute approximate surface area is 537 Å². The van der Waals surface area contributed by atoms with Crippen LogP contribution in [0, 0.1) is 0 Å². The van der Waals surface area contributed by atoms with E-state index >= 15 is 0 Å². The van der Waals surface area contributed by atoms with Crippen molar-refractivity contribution in [1.82, 2.24) is 18.3 Å². The van der Waals surface area contributed by atoms with Crippen molar-refractivity contribution in [2.75, 3.05) is 0 Å².